The van der Waals surface area contributed by atoms with Gasteiger partial charge in [-0.15, -0.1) is 0 Å². The molecular weight excluding hydrogens is 587 g/mol. The number of rotatable bonds is 11. The van der Waals surface area contributed by atoms with Crippen LogP contribution in [0.4, 0.5) is 11.4 Å². The average molecular weight is 609 g/mol. The highest BCUT2D eigenvalue weighted by Crippen LogP contribution is 2.29. The third kappa shape index (κ3) is 8.00. The van der Waals surface area contributed by atoms with E-state index in [0.717, 1.165) is 0 Å². The minimum absolute atomic E-state index is 0.0268. The van der Waals surface area contributed by atoms with Gasteiger partial charge in [-0.2, -0.15) is 0 Å². The first-order valence-corrected chi connectivity index (χ1v) is 13.0. The fraction of sp³-hybridized carbons (Fsp3) is 0.0667. The van der Waals surface area contributed by atoms with Gasteiger partial charge in [0.1, 0.15) is 11.5 Å². The summed E-state index contributed by atoms with van der Waals surface area (Å²) in [5.41, 5.74) is 0.350. The first kappa shape index (κ1) is 29.9. The molecule has 0 spiro atoms. The maximum Gasteiger partial charge on any atom is 0.337 e. The van der Waals surface area contributed by atoms with Crippen molar-refractivity contribution in [2.75, 3.05) is 23.8 Å². The summed E-state index contributed by atoms with van der Waals surface area (Å²) in [5.74, 6) is -2.98. The lowest BCUT2D eigenvalue weighted by Gasteiger charge is -2.13. The number of aromatic carboxylic acids is 2. The zero-order valence-corrected chi connectivity index (χ0v) is 23.1. The van der Waals surface area contributed by atoms with Gasteiger partial charge in [0.15, 0.2) is 13.2 Å². The van der Waals surface area contributed by atoms with E-state index in [-0.39, 0.29) is 35.7 Å². The summed E-state index contributed by atoms with van der Waals surface area (Å²) in [6.07, 6.45) is 0. The number of anilines is 2. The SMILES string of the molecule is O=C(COc1ccc(Cl)cc1)Nc1ccc(-c2ccc(NC(=O)COc3ccc(Cl)cc3)c(C(=O)O)c2)cc1C(=O)O. The van der Waals surface area contributed by atoms with E-state index in [2.05, 4.69) is 10.6 Å². The normalized spacial score (nSPS) is 10.4. The minimum Gasteiger partial charge on any atom is -0.484 e. The van der Waals surface area contributed by atoms with E-state index in [9.17, 15) is 29.4 Å². The lowest BCUT2D eigenvalue weighted by molar-refractivity contribution is -0.118. The number of hydrogen-bond donors (Lipinski definition) is 4. The van der Waals surface area contributed by atoms with Crippen molar-refractivity contribution in [2.45, 2.75) is 0 Å². The van der Waals surface area contributed by atoms with E-state index in [0.29, 0.717) is 32.7 Å². The molecule has 0 aliphatic carbocycles. The summed E-state index contributed by atoms with van der Waals surface area (Å²) in [5, 5.41) is 25.6. The van der Waals surface area contributed by atoms with Gasteiger partial charge >= 0.3 is 11.9 Å². The molecule has 0 saturated carbocycles. The number of carboxylic acids is 2. The van der Waals surface area contributed by atoms with Crippen LogP contribution in [0.3, 0.4) is 0 Å². The third-order valence-electron chi connectivity index (χ3n) is 5.75. The predicted octanol–water partition coefficient (Wildman–Crippen LogP) is 6.09. The van der Waals surface area contributed by atoms with Crippen molar-refractivity contribution in [1.29, 1.82) is 0 Å². The first-order valence-electron chi connectivity index (χ1n) is 12.2. The van der Waals surface area contributed by atoms with Crippen LogP contribution >= 0.6 is 23.2 Å². The number of carbonyl (C=O) groups is 4. The second-order valence-electron chi connectivity index (χ2n) is 8.71. The molecule has 0 unspecified atom stereocenters. The van der Waals surface area contributed by atoms with Gasteiger partial charge in [-0.05, 0) is 83.9 Å². The summed E-state index contributed by atoms with van der Waals surface area (Å²) in [6.45, 7) is -0.745. The molecule has 4 N–H and O–H groups in total. The molecule has 2 amide bonds. The van der Waals surface area contributed by atoms with Gasteiger partial charge in [0, 0.05) is 10.0 Å². The maximum atomic E-state index is 12.4. The lowest BCUT2D eigenvalue weighted by atomic mass is 9.99. The summed E-state index contributed by atoms with van der Waals surface area (Å²) in [6, 6.07) is 21.2. The third-order valence-corrected chi connectivity index (χ3v) is 6.25. The number of carboxylic acid groups (broad SMARTS) is 2. The van der Waals surface area contributed by atoms with Crippen LogP contribution in [0.1, 0.15) is 20.7 Å². The van der Waals surface area contributed by atoms with Crippen LogP contribution in [0.5, 0.6) is 11.5 Å². The first-order chi connectivity index (χ1) is 20.1. The van der Waals surface area contributed by atoms with Crippen LogP contribution in [0.25, 0.3) is 11.1 Å². The van der Waals surface area contributed by atoms with E-state index in [1.165, 1.54) is 36.4 Å². The number of nitrogens with one attached hydrogen (secondary N) is 2. The van der Waals surface area contributed by atoms with E-state index in [1.54, 1.807) is 48.5 Å². The topological polar surface area (TPSA) is 151 Å². The van der Waals surface area contributed by atoms with E-state index in [4.69, 9.17) is 32.7 Å². The summed E-state index contributed by atoms with van der Waals surface area (Å²) >= 11 is 11.7. The van der Waals surface area contributed by atoms with Crippen molar-refractivity contribution in [3.63, 3.8) is 0 Å². The van der Waals surface area contributed by atoms with Crippen LogP contribution in [0, 0.1) is 0 Å². The van der Waals surface area contributed by atoms with E-state index in [1.807, 2.05) is 0 Å². The Morgan fingerprint density at radius 1 is 0.571 bits per heavy atom. The highest BCUT2D eigenvalue weighted by molar-refractivity contribution is 6.30. The van der Waals surface area contributed by atoms with Gasteiger partial charge in [0.2, 0.25) is 0 Å². The summed E-state index contributed by atoms with van der Waals surface area (Å²) in [4.78, 5) is 48.7. The zero-order valence-electron chi connectivity index (χ0n) is 21.6. The summed E-state index contributed by atoms with van der Waals surface area (Å²) < 4.78 is 10.8. The number of carbonyl (C=O) groups excluding carboxylic acids is 2. The average Bonchev–Trinajstić information content (AvgIpc) is 2.97. The van der Waals surface area contributed by atoms with Gasteiger partial charge in [0.05, 0.1) is 22.5 Å². The zero-order chi connectivity index (χ0) is 30.2. The van der Waals surface area contributed by atoms with Gasteiger partial charge in [-0.1, -0.05) is 35.3 Å². The van der Waals surface area contributed by atoms with Crippen LogP contribution in [-0.4, -0.2) is 47.2 Å². The molecule has 0 radical (unpaired) electrons. The standard InChI is InChI=1S/C30H22Cl2N2O8/c31-19-3-7-21(8-4-19)41-15-27(35)33-25-11-1-17(13-23(25)29(37)38)18-2-12-26(24(14-18)30(39)40)34-28(36)16-42-22-9-5-20(32)6-10-22/h1-14H,15-16H2,(H,33,35)(H,34,36)(H,37,38)(H,39,40). The van der Waals surface area contributed by atoms with Gasteiger partial charge < -0.3 is 30.3 Å². The Kier molecular flexibility index (Phi) is 9.64. The number of halogens is 2. The molecule has 0 saturated heterocycles. The number of benzene rings is 4. The predicted molar refractivity (Wildman–Crippen MR) is 157 cm³/mol. The van der Waals surface area contributed by atoms with Crippen molar-refractivity contribution in [3.8, 4) is 22.6 Å². The molecule has 0 aliphatic rings. The number of ether oxygens (including phenoxy) is 2. The van der Waals surface area contributed by atoms with Crippen molar-refractivity contribution in [3.05, 3.63) is 106 Å². The molecule has 0 heterocycles. The van der Waals surface area contributed by atoms with Crippen LogP contribution in [-0.2, 0) is 9.59 Å². The Labute approximate surface area is 249 Å². The van der Waals surface area contributed by atoms with Crippen LogP contribution in [0.2, 0.25) is 10.0 Å². The molecule has 0 aliphatic heterocycles. The molecule has 0 aromatic heterocycles. The molecule has 42 heavy (non-hydrogen) atoms. The largest absolute Gasteiger partial charge is 0.484 e. The molecule has 10 nitrogen and oxygen atoms in total. The maximum absolute atomic E-state index is 12.4. The van der Waals surface area contributed by atoms with Crippen molar-refractivity contribution in [1.82, 2.24) is 0 Å². The molecule has 12 heteroatoms. The van der Waals surface area contributed by atoms with Crippen molar-refractivity contribution >= 4 is 58.3 Å². The molecule has 0 fully saturated rings. The Bertz CT molecular complexity index is 1520. The van der Waals surface area contributed by atoms with Gasteiger partial charge in [-0.3, -0.25) is 9.59 Å². The Balaban J connectivity index is 1.47. The number of amides is 2. The van der Waals surface area contributed by atoms with Gasteiger partial charge in [0.25, 0.3) is 11.8 Å². The second-order valence-corrected chi connectivity index (χ2v) is 9.59. The smallest absolute Gasteiger partial charge is 0.337 e. The molecule has 0 bridgehead atoms. The van der Waals surface area contributed by atoms with E-state index < -0.39 is 23.8 Å². The molecule has 4 aromatic carbocycles. The lowest BCUT2D eigenvalue weighted by Crippen LogP contribution is -2.21. The highest BCUT2D eigenvalue weighted by Gasteiger charge is 2.18. The van der Waals surface area contributed by atoms with E-state index >= 15 is 0 Å². The fourth-order valence-corrected chi connectivity index (χ4v) is 4.00. The van der Waals surface area contributed by atoms with Crippen molar-refractivity contribution in [2.24, 2.45) is 0 Å². The van der Waals surface area contributed by atoms with Crippen LogP contribution < -0.4 is 20.1 Å². The fourth-order valence-electron chi connectivity index (χ4n) is 3.75. The molecule has 214 valence electrons. The second kappa shape index (κ2) is 13.5. The molecule has 4 rings (SSSR count). The molecule has 0 atom stereocenters. The van der Waals surface area contributed by atoms with Gasteiger partial charge in [-0.25, -0.2) is 9.59 Å². The van der Waals surface area contributed by atoms with Crippen molar-refractivity contribution < 1.29 is 38.9 Å². The number of hydrogen-bond acceptors (Lipinski definition) is 6. The Hall–Kier alpha value is -5.06. The quantitative estimate of drug-likeness (QED) is 0.160. The highest BCUT2D eigenvalue weighted by atomic mass is 35.5. The monoisotopic (exact) mass is 608 g/mol. The summed E-state index contributed by atoms with van der Waals surface area (Å²) in [7, 11) is 0. The Morgan fingerprint density at radius 3 is 1.26 bits per heavy atom. The Morgan fingerprint density at radius 2 is 0.929 bits per heavy atom. The molecule has 4 aromatic rings. The molecular formula is C30H22Cl2N2O8. The minimum atomic E-state index is -1.31. The van der Waals surface area contributed by atoms with Crippen LogP contribution in [0.15, 0.2) is 84.9 Å².